The van der Waals surface area contributed by atoms with E-state index in [9.17, 15) is 18.0 Å². The second-order valence-corrected chi connectivity index (χ2v) is 10.1. The smallest absolute Gasteiger partial charge is 0.416 e. The van der Waals surface area contributed by atoms with Crippen LogP contribution in [0.5, 0.6) is 17.2 Å². The van der Waals surface area contributed by atoms with Crippen molar-refractivity contribution in [1.29, 1.82) is 0 Å². The van der Waals surface area contributed by atoms with Crippen LogP contribution in [0.2, 0.25) is 0 Å². The first-order valence-electron chi connectivity index (χ1n) is 12.9. The topological polar surface area (TPSA) is 44.8 Å². The lowest BCUT2D eigenvalue weighted by Crippen LogP contribution is -2.29. The molecule has 3 rings (SSSR count). The molecule has 0 amide bonds. The number of hydrogen-bond donors (Lipinski definition) is 0. The molecular weight excluding hydrogens is 493 g/mol. The van der Waals surface area contributed by atoms with Gasteiger partial charge in [-0.15, -0.1) is 0 Å². The Balaban J connectivity index is 2.02. The SMILES string of the molecule is CCCCC(Oc1ccc(-c2cccc(C(F)(F)F)c2)cc1Oc1ccc(C(C)(C)C)cc1)C(=O)OCC. The Morgan fingerprint density at radius 3 is 2.13 bits per heavy atom. The van der Waals surface area contributed by atoms with Gasteiger partial charge in [0, 0.05) is 0 Å². The Labute approximate surface area is 222 Å². The van der Waals surface area contributed by atoms with Gasteiger partial charge in [0.2, 0.25) is 0 Å². The van der Waals surface area contributed by atoms with Crippen molar-refractivity contribution in [1.82, 2.24) is 0 Å². The van der Waals surface area contributed by atoms with Gasteiger partial charge in [0.25, 0.3) is 0 Å². The molecule has 4 nitrogen and oxygen atoms in total. The van der Waals surface area contributed by atoms with Crippen LogP contribution in [0, 0.1) is 0 Å². The second kappa shape index (κ2) is 12.4. The van der Waals surface area contributed by atoms with Crippen LogP contribution >= 0.6 is 0 Å². The summed E-state index contributed by atoms with van der Waals surface area (Å²) < 4.78 is 57.5. The predicted molar refractivity (Wildman–Crippen MR) is 143 cm³/mol. The lowest BCUT2D eigenvalue weighted by molar-refractivity contribution is -0.151. The van der Waals surface area contributed by atoms with Gasteiger partial charge in [0.1, 0.15) is 5.75 Å². The molecule has 0 saturated heterocycles. The highest BCUT2D eigenvalue weighted by Gasteiger charge is 2.30. The van der Waals surface area contributed by atoms with Crippen LogP contribution in [-0.4, -0.2) is 18.7 Å². The molecule has 204 valence electrons. The minimum Gasteiger partial charge on any atom is -0.475 e. The molecule has 38 heavy (non-hydrogen) atoms. The van der Waals surface area contributed by atoms with Gasteiger partial charge < -0.3 is 14.2 Å². The molecule has 0 aliphatic carbocycles. The van der Waals surface area contributed by atoms with Gasteiger partial charge >= 0.3 is 12.1 Å². The molecule has 0 fully saturated rings. The minimum absolute atomic E-state index is 0.0393. The fraction of sp³-hybridized carbons (Fsp3) is 0.387. The lowest BCUT2D eigenvalue weighted by Gasteiger charge is -2.21. The number of halogens is 3. The van der Waals surface area contributed by atoms with Crippen molar-refractivity contribution in [2.45, 2.75) is 71.6 Å². The molecule has 1 atom stereocenters. The molecule has 3 aromatic rings. The normalized spacial score (nSPS) is 12.6. The number of hydrogen-bond acceptors (Lipinski definition) is 4. The summed E-state index contributed by atoms with van der Waals surface area (Å²) >= 11 is 0. The molecule has 7 heteroatoms. The third-order valence-corrected chi connectivity index (χ3v) is 6.05. The fourth-order valence-electron chi connectivity index (χ4n) is 3.89. The standard InChI is InChI=1S/C31H35F3O4/c1-6-8-12-27(29(35)36-7-2)38-26-18-13-22(21-10-9-11-24(19-21)31(32,33)34)20-28(26)37-25-16-14-23(15-17-25)30(3,4)5/h9-11,13-20,27H,6-8,12H2,1-5H3. The van der Waals surface area contributed by atoms with Crippen molar-refractivity contribution in [3.63, 3.8) is 0 Å². The zero-order chi connectivity index (χ0) is 27.9. The first-order valence-corrected chi connectivity index (χ1v) is 12.9. The largest absolute Gasteiger partial charge is 0.475 e. The van der Waals surface area contributed by atoms with Crippen molar-refractivity contribution >= 4 is 5.97 Å². The molecule has 0 aromatic heterocycles. The summed E-state index contributed by atoms with van der Waals surface area (Å²) in [5, 5.41) is 0. The third kappa shape index (κ3) is 7.76. The average Bonchev–Trinajstić information content (AvgIpc) is 2.86. The van der Waals surface area contributed by atoms with E-state index >= 15 is 0 Å². The summed E-state index contributed by atoms with van der Waals surface area (Å²) in [7, 11) is 0. The average molecular weight is 529 g/mol. The maximum absolute atomic E-state index is 13.3. The molecule has 0 heterocycles. The van der Waals surface area contributed by atoms with Crippen LogP contribution < -0.4 is 9.47 Å². The summed E-state index contributed by atoms with van der Waals surface area (Å²) in [6.45, 7) is 10.3. The van der Waals surface area contributed by atoms with Crippen LogP contribution in [0.3, 0.4) is 0 Å². The van der Waals surface area contributed by atoms with Crippen molar-refractivity contribution < 1.29 is 32.2 Å². The van der Waals surface area contributed by atoms with Gasteiger partial charge in [-0.1, -0.05) is 64.4 Å². The molecule has 1 unspecified atom stereocenters. The quantitative estimate of drug-likeness (QED) is 0.246. The first-order chi connectivity index (χ1) is 17.9. The Kier molecular flexibility index (Phi) is 9.47. The summed E-state index contributed by atoms with van der Waals surface area (Å²) in [6, 6.07) is 17.6. The van der Waals surface area contributed by atoms with Gasteiger partial charge in [0.05, 0.1) is 12.2 Å². The van der Waals surface area contributed by atoms with E-state index in [2.05, 4.69) is 20.8 Å². The van der Waals surface area contributed by atoms with Gasteiger partial charge in [-0.05, 0) is 78.3 Å². The van der Waals surface area contributed by atoms with E-state index in [1.807, 2.05) is 31.2 Å². The number of carbonyl (C=O) groups excluding carboxylic acids is 1. The highest BCUT2D eigenvalue weighted by atomic mass is 19.4. The molecule has 3 aromatic carbocycles. The van der Waals surface area contributed by atoms with Crippen LogP contribution in [0.1, 0.15) is 65.0 Å². The monoisotopic (exact) mass is 528 g/mol. The van der Waals surface area contributed by atoms with Gasteiger partial charge in [-0.3, -0.25) is 0 Å². The van der Waals surface area contributed by atoms with E-state index in [1.54, 1.807) is 31.2 Å². The van der Waals surface area contributed by atoms with Crippen molar-refractivity contribution in [3.8, 4) is 28.4 Å². The number of carbonyl (C=O) groups is 1. The van der Waals surface area contributed by atoms with Gasteiger partial charge in [-0.25, -0.2) is 4.79 Å². The van der Waals surface area contributed by atoms with Crippen LogP contribution in [-0.2, 0) is 21.1 Å². The van der Waals surface area contributed by atoms with Crippen LogP contribution in [0.15, 0.2) is 66.7 Å². The summed E-state index contributed by atoms with van der Waals surface area (Å²) in [6.07, 6.45) is -3.20. The number of unbranched alkanes of at least 4 members (excludes halogenated alkanes) is 1. The number of ether oxygens (including phenoxy) is 3. The molecular formula is C31H35F3O4. The number of rotatable bonds is 10. The maximum atomic E-state index is 13.3. The number of esters is 1. The zero-order valence-corrected chi connectivity index (χ0v) is 22.5. The Hall–Kier alpha value is -3.48. The van der Waals surface area contributed by atoms with Crippen molar-refractivity contribution in [2.24, 2.45) is 0 Å². The van der Waals surface area contributed by atoms with Crippen molar-refractivity contribution in [3.05, 3.63) is 77.9 Å². The molecule has 0 spiro atoms. The van der Waals surface area contributed by atoms with Crippen molar-refractivity contribution in [2.75, 3.05) is 6.61 Å². The fourth-order valence-corrected chi connectivity index (χ4v) is 3.89. The van der Waals surface area contributed by atoms with E-state index in [0.29, 0.717) is 29.0 Å². The van der Waals surface area contributed by atoms with Crippen LogP contribution in [0.4, 0.5) is 13.2 Å². The molecule has 0 aliphatic heterocycles. The molecule has 0 aliphatic rings. The van der Waals surface area contributed by atoms with E-state index in [-0.39, 0.29) is 17.8 Å². The molecule has 0 saturated carbocycles. The zero-order valence-electron chi connectivity index (χ0n) is 22.5. The number of alkyl halides is 3. The summed E-state index contributed by atoms with van der Waals surface area (Å²) in [4.78, 5) is 12.6. The van der Waals surface area contributed by atoms with Crippen LogP contribution in [0.25, 0.3) is 11.1 Å². The van der Waals surface area contributed by atoms with Gasteiger partial charge in [0.15, 0.2) is 17.6 Å². The highest BCUT2D eigenvalue weighted by Crippen LogP contribution is 2.39. The Morgan fingerprint density at radius 2 is 1.53 bits per heavy atom. The minimum atomic E-state index is -4.46. The van der Waals surface area contributed by atoms with E-state index in [0.717, 1.165) is 30.5 Å². The van der Waals surface area contributed by atoms with Gasteiger partial charge in [-0.2, -0.15) is 13.2 Å². The molecule has 0 N–H and O–H groups in total. The Bertz CT molecular complexity index is 1210. The number of benzene rings is 3. The summed E-state index contributed by atoms with van der Waals surface area (Å²) in [5.41, 5.74) is 1.25. The maximum Gasteiger partial charge on any atom is 0.416 e. The second-order valence-electron chi connectivity index (χ2n) is 10.1. The molecule has 0 bridgehead atoms. The lowest BCUT2D eigenvalue weighted by atomic mass is 9.87. The first kappa shape index (κ1) is 29.1. The Morgan fingerprint density at radius 1 is 0.842 bits per heavy atom. The molecule has 0 radical (unpaired) electrons. The summed E-state index contributed by atoms with van der Waals surface area (Å²) in [5.74, 6) is 0.651. The van der Waals surface area contributed by atoms with E-state index in [1.165, 1.54) is 6.07 Å². The van der Waals surface area contributed by atoms with E-state index in [4.69, 9.17) is 14.2 Å². The predicted octanol–water partition coefficient (Wildman–Crippen LogP) is 8.96. The highest BCUT2D eigenvalue weighted by molar-refractivity contribution is 5.75. The van der Waals surface area contributed by atoms with E-state index < -0.39 is 23.8 Å². The third-order valence-electron chi connectivity index (χ3n) is 6.05.